The Bertz CT molecular complexity index is 4370. The number of esters is 2. The van der Waals surface area contributed by atoms with E-state index < -0.39 is 35.7 Å². The number of piperazine rings is 3. The first kappa shape index (κ1) is 79.2. The van der Waals surface area contributed by atoms with Gasteiger partial charge in [-0.3, -0.25) is 14.5 Å². The maximum absolute atomic E-state index is 12.6. The highest BCUT2D eigenvalue weighted by atomic mass is 35.5. The second kappa shape index (κ2) is 37.6. The van der Waals surface area contributed by atoms with Gasteiger partial charge in [0.1, 0.15) is 82.2 Å². The Hall–Kier alpha value is -7.53. The molecule has 0 aliphatic carbocycles. The fourth-order valence-corrected chi connectivity index (χ4v) is 11.4. The number of carboxylic acid groups (broad SMARTS) is 1. The van der Waals surface area contributed by atoms with Crippen molar-refractivity contribution < 1.29 is 38.5 Å². The van der Waals surface area contributed by atoms with E-state index in [4.69, 9.17) is 147 Å². The third-order valence-corrected chi connectivity index (χ3v) is 18.2. The summed E-state index contributed by atoms with van der Waals surface area (Å²) in [6, 6.07) is 28.0. The molecule has 0 radical (unpaired) electrons. The Morgan fingerprint density at radius 1 is 0.416 bits per heavy atom. The number of amides is 1. The van der Waals surface area contributed by atoms with Crippen molar-refractivity contribution in [2.24, 2.45) is 0 Å². The lowest BCUT2D eigenvalue weighted by molar-refractivity contribution is -0.147. The summed E-state index contributed by atoms with van der Waals surface area (Å²) < 4.78 is 15.2. The van der Waals surface area contributed by atoms with Crippen molar-refractivity contribution in [3.05, 3.63) is 190 Å². The van der Waals surface area contributed by atoms with Gasteiger partial charge >= 0.3 is 24.0 Å². The Morgan fingerprint density at radius 2 is 0.762 bits per heavy atom. The number of carboxylic acids is 1. The van der Waals surface area contributed by atoms with Crippen molar-refractivity contribution in [3.8, 4) is 45.0 Å². The minimum atomic E-state index is -0.867. The Balaban J connectivity index is 0.000000168. The minimum absolute atomic E-state index is 0.212. The van der Waals surface area contributed by atoms with Crippen LogP contribution in [0, 0.1) is 0 Å². The van der Waals surface area contributed by atoms with Gasteiger partial charge in [-0.2, -0.15) is 0 Å². The highest BCUT2D eigenvalue weighted by molar-refractivity contribution is 6.44. The van der Waals surface area contributed by atoms with Crippen molar-refractivity contribution in [2.75, 3.05) is 87.8 Å². The van der Waals surface area contributed by atoms with E-state index in [0.717, 1.165) is 40.3 Å². The van der Waals surface area contributed by atoms with Gasteiger partial charge in [0.2, 0.25) is 0 Å². The number of nitrogens with one attached hydrogen (secondary N) is 2. The van der Waals surface area contributed by atoms with Gasteiger partial charge in [0.05, 0.1) is 83.7 Å². The van der Waals surface area contributed by atoms with Gasteiger partial charge in [0.25, 0.3) is 0 Å². The lowest BCUT2D eigenvalue weighted by Crippen LogP contribution is -2.59. The standard InChI is InChI=1S/C21H24Cl2N4O4.C16H16Cl2N4O2.C15H14Cl2N4O2.C10H5Cl3N2.C4H2Cl2N2/c1-21(2,3)31-20(29)27-8-7-26(11-17(27)19(28)30-4)18-10-16(24-12-25-18)13-5-6-14(22)15(23)9-13;1-24-16(23)14-8-22(5-4-19-14)15-7-13(20-9-21-15)10-2-3-11(17)12(18)6-10;16-10-2-1-9(5-11(10)17)12-6-14(20-8-19-12)21-4-3-18-13(7-21)15(22)23;11-7-2-1-6(3-8(7)12)9-4-10(13)15-5-14-9;5-3-1-4(6)8-2-7-3/h5-6,9-10,12,17H,7-8,11H2,1-4H3;2-3,6-7,9,14,19H,4-5,8H2,1H3;1-2,5-6,8,13,18H,3-4,7H2,(H,22,23);1-5H;1-2H. The molecule has 3 atom stereocenters. The number of nitrogens with zero attached hydrogens (tertiary/aromatic N) is 14. The monoisotopic (exact) mass is 1590 g/mol. The molecule has 9 aromatic rings. The number of benzene rings is 4. The average molecular weight is 1600 g/mol. The van der Waals surface area contributed by atoms with Crippen molar-refractivity contribution in [2.45, 2.75) is 44.5 Å². The molecule has 3 unspecified atom stereocenters. The van der Waals surface area contributed by atoms with E-state index in [2.05, 4.69) is 60.5 Å². The zero-order valence-corrected chi connectivity index (χ0v) is 62.3. The van der Waals surface area contributed by atoms with Crippen molar-refractivity contribution in [1.29, 1.82) is 0 Å². The third kappa shape index (κ3) is 23.2. The van der Waals surface area contributed by atoms with E-state index in [0.29, 0.717) is 124 Å². The van der Waals surface area contributed by atoms with Crippen LogP contribution >= 0.6 is 128 Å². The van der Waals surface area contributed by atoms with Crippen molar-refractivity contribution in [1.82, 2.24) is 65.4 Å². The summed E-state index contributed by atoms with van der Waals surface area (Å²) >= 11 is 64.4. The first-order valence-corrected chi connectivity index (χ1v) is 34.3. The molecular weight excluding hydrogens is 1530 g/mol. The van der Waals surface area contributed by atoms with E-state index in [-0.39, 0.29) is 25.1 Å². The molecule has 530 valence electrons. The summed E-state index contributed by atoms with van der Waals surface area (Å²) in [5, 5.41) is 20.2. The number of carbonyl (C=O) groups is 4. The second-order valence-corrected chi connectivity index (χ2v) is 27.0. The first-order chi connectivity index (χ1) is 48.2. The third-order valence-electron chi connectivity index (χ3n) is 14.6. The summed E-state index contributed by atoms with van der Waals surface area (Å²) in [6.07, 6.45) is 6.57. The van der Waals surface area contributed by atoms with Crippen LogP contribution < -0.4 is 25.3 Å². The van der Waals surface area contributed by atoms with Crippen LogP contribution in [0.15, 0.2) is 135 Å². The summed E-state index contributed by atoms with van der Waals surface area (Å²) in [4.78, 5) is 96.1. The summed E-state index contributed by atoms with van der Waals surface area (Å²) in [5.74, 6) is 0.394. The molecule has 5 aromatic heterocycles. The predicted molar refractivity (Wildman–Crippen MR) is 396 cm³/mol. The van der Waals surface area contributed by atoms with Crippen LogP contribution in [0.25, 0.3) is 45.0 Å². The number of rotatable bonds is 10. The molecular formula is C66H61Cl11N16O8. The molecule has 24 nitrogen and oxygen atoms in total. The number of anilines is 3. The zero-order chi connectivity index (χ0) is 73.1. The van der Waals surface area contributed by atoms with Gasteiger partial charge in [-0.15, -0.1) is 0 Å². The maximum Gasteiger partial charge on any atom is 0.411 e. The van der Waals surface area contributed by atoms with Crippen LogP contribution in [0.5, 0.6) is 0 Å². The van der Waals surface area contributed by atoms with E-state index in [1.54, 1.807) is 81.4 Å². The SMILES string of the molecule is COC(=O)C1CN(c2cc(-c3ccc(Cl)c(Cl)c3)ncn2)CCN1.COC(=O)C1CN(c2cc(-c3ccc(Cl)c(Cl)c3)ncn2)CCN1C(=O)OC(C)(C)C.Clc1cc(-c2ccc(Cl)c(Cl)c2)ncn1.Clc1cc(Cl)ncn1.O=C(O)C1CN(c2cc(-c3ccc(Cl)c(Cl)c3)ncn2)CCN1. The predicted octanol–water partition coefficient (Wildman–Crippen LogP) is 14.7. The molecule has 3 N–H and O–H groups in total. The Morgan fingerprint density at radius 3 is 1.11 bits per heavy atom. The van der Waals surface area contributed by atoms with Crippen LogP contribution in [-0.2, 0) is 28.6 Å². The number of hydrogen-bond donors (Lipinski definition) is 3. The molecule has 1 amide bonds. The summed E-state index contributed by atoms with van der Waals surface area (Å²) in [6.45, 7) is 9.81. The van der Waals surface area contributed by atoms with Gasteiger partial charge in [-0.25, -0.2) is 59.4 Å². The highest BCUT2D eigenvalue weighted by Gasteiger charge is 2.39. The van der Waals surface area contributed by atoms with Crippen molar-refractivity contribution >= 4 is 169 Å². The van der Waals surface area contributed by atoms with Crippen LogP contribution in [0.2, 0.25) is 55.6 Å². The summed E-state index contributed by atoms with van der Waals surface area (Å²) in [5.41, 5.74) is 5.48. The molecule has 3 aliphatic rings. The van der Waals surface area contributed by atoms with Crippen molar-refractivity contribution in [3.63, 3.8) is 0 Å². The van der Waals surface area contributed by atoms with Crippen LogP contribution in [-0.4, -0.2) is 181 Å². The summed E-state index contributed by atoms with van der Waals surface area (Å²) in [7, 11) is 2.68. The number of aromatic nitrogens is 10. The maximum atomic E-state index is 12.6. The molecule has 101 heavy (non-hydrogen) atoms. The molecule has 35 heteroatoms. The largest absolute Gasteiger partial charge is 0.480 e. The van der Waals surface area contributed by atoms with E-state index in [1.807, 2.05) is 51.1 Å². The normalized spacial score (nSPS) is 15.7. The number of ether oxygens (including phenoxy) is 3. The number of methoxy groups -OCH3 is 2. The van der Waals surface area contributed by atoms with Gasteiger partial charge in [-0.05, 0) is 69.3 Å². The van der Waals surface area contributed by atoms with Crippen LogP contribution in [0.4, 0.5) is 22.2 Å². The van der Waals surface area contributed by atoms with Crippen LogP contribution in [0.3, 0.4) is 0 Å². The fourth-order valence-electron chi connectivity index (χ4n) is 9.71. The highest BCUT2D eigenvalue weighted by Crippen LogP contribution is 2.34. The number of carbonyl (C=O) groups excluding carboxylic acids is 3. The number of aliphatic carboxylic acids is 1. The smallest absolute Gasteiger partial charge is 0.411 e. The molecule has 3 aliphatic heterocycles. The Labute approximate surface area is 635 Å². The topological polar surface area (TPSA) is 282 Å². The quantitative estimate of drug-likeness (QED) is 0.0651. The van der Waals surface area contributed by atoms with Gasteiger partial charge < -0.3 is 44.7 Å². The fraction of sp³-hybridized carbons (Fsp3) is 0.273. The van der Waals surface area contributed by atoms with Crippen LogP contribution in [0.1, 0.15) is 20.8 Å². The van der Waals surface area contributed by atoms with Gasteiger partial charge in [0, 0.05) is 105 Å². The average Bonchev–Trinajstić information content (AvgIpc) is 0.810. The molecule has 4 aromatic carbocycles. The second-order valence-electron chi connectivity index (χ2n) is 22.6. The molecule has 12 rings (SSSR count). The molecule has 3 fully saturated rings. The molecule has 0 spiro atoms. The lowest BCUT2D eigenvalue weighted by Gasteiger charge is -2.40. The molecule has 0 saturated carbocycles. The van der Waals surface area contributed by atoms with Gasteiger partial charge in [-0.1, -0.05) is 152 Å². The molecule has 3 saturated heterocycles. The van der Waals surface area contributed by atoms with Gasteiger partial charge in [0.15, 0.2) is 6.04 Å². The number of halogens is 11. The van der Waals surface area contributed by atoms with E-state index >= 15 is 0 Å². The van der Waals surface area contributed by atoms with E-state index in [9.17, 15) is 19.2 Å². The number of hydrogen-bond acceptors (Lipinski definition) is 22. The molecule has 8 heterocycles. The lowest BCUT2D eigenvalue weighted by atomic mass is 10.1. The first-order valence-electron chi connectivity index (χ1n) is 30.2. The molecule has 0 bridgehead atoms. The minimum Gasteiger partial charge on any atom is -0.480 e. The zero-order valence-electron chi connectivity index (χ0n) is 54.0. The Kier molecular flexibility index (Phi) is 29.5. The van der Waals surface area contributed by atoms with E-state index in [1.165, 1.54) is 56.8 Å².